The molecule has 1 fully saturated rings. The van der Waals surface area contributed by atoms with Crippen LogP contribution in [0.25, 0.3) is 11.0 Å². The summed E-state index contributed by atoms with van der Waals surface area (Å²) in [5, 5.41) is 7.49. The zero-order valence-electron chi connectivity index (χ0n) is 19.5. The minimum atomic E-state index is -0.0696. The molecule has 2 heterocycles. The third-order valence-electron chi connectivity index (χ3n) is 6.21. The van der Waals surface area contributed by atoms with Gasteiger partial charge in [-0.2, -0.15) is 0 Å². The Balaban J connectivity index is 1.42. The topological polar surface area (TPSA) is 66.9 Å². The summed E-state index contributed by atoms with van der Waals surface area (Å²) in [6, 6.07) is 20.7. The van der Waals surface area contributed by atoms with Crippen LogP contribution in [-0.4, -0.2) is 15.9 Å². The van der Waals surface area contributed by atoms with Crippen LogP contribution >= 0.6 is 11.8 Å². The highest BCUT2D eigenvalue weighted by Gasteiger charge is 2.19. The third kappa shape index (κ3) is 5.07. The second-order valence-corrected chi connectivity index (χ2v) is 9.99. The molecule has 0 bridgehead atoms. The summed E-state index contributed by atoms with van der Waals surface area (Å²) in [7, 11) is 0. The van der Waals surface area contributed by atoms with Crippen LogP contribution < -0.4 is 10.6 Å². The molecule has 6 heteroatoms. The predicted octanol–water partition coefficient (Wildman–Crippen LogP) is 7.45. The van der Waals surface area contributed by atoms with Crippen molar-refractivity contribution in [1.82, 2.24) is 9.97 Å². The van der Waals surface area contributed by atoms with Gasteiger partial charge in [-0.3, -0.25) is 4.79 Å². The molecule has 5 rings (SSSR count). The number of hydrogen-bond acceptors (Lipinski definition) is 5. The van der Waals surface area contributed by atoms with Crippen LogP contribution in [0.15, 0.2) is 76.7 Å². The lowest BCUT2D eigenvalue weighted by Gasteiger charge is -2.15. The number of carbonyl (C=O) groups excluding carboxylic acids is 1. The summed E-state index contributed by atoms with van der Waals surface area (Å²) in [5.74, 6) is 0.500. The van der Waals surface area contributed by atoms with Gasteiger partial charge < -0.3 is 10.6 Å². The van der Waals surface area contributed by atoms with Gasteiger partial charge in [-0.1, -0.05) is 30.7 Å². The summed E-state index contributed by atoms with van der Waals surface area (Å²) in [6.45, 7) is 3.61. The second-order valence-electron chi connectivity index (χ2n) is 8.88. The van der Waals surface area contributed by atoms with Gasteiger partial charge in [0, 0.05) is 45.6 Å². The Morgan fingerprint density at radius 1 is 0.971 bits per heavy atom. The number of carbonyl (C=O) groups is 1. The molecule has 1 aliphatic rings. The van der Waals surface area contributed by atoms with Gasteiger partial charge in [0.05, 0.1) is 11.4 Å². The lowest BCUT2D eigenvalue weighted by atomic mass is 10.0. The van der Waals surface area contributed by atoms with E-state index in [9.17, 15) is 4.79 Å². The van der Waals surface area contributed by atoms with Crippen molar-refractivity contribution in [1.29, 1.82) is 0 Å². The number of benzene rings is 2. The lowest BCUT2D eigenvalue weighted by Crippen LogP contribution is -2.05. The number of nitrogens with one attached hydrogen (secondary N) is 2. The highest BCUT2D eigenvalue weighted by molar-refractivity contribution is 7.99. The number of aromatic nitrogens is 2. The van der Waals surface area contributed by atoms with Gasteiger partial charge in [-0.15, -0.1) is 0 Å². The van der Waals surface area contributed by atoms with E-state index >= 15 is 0 Å². The molecule has 1 saturated carbocycles. The maximum Gasteiger partial charge on any atom is 0.221 e. The average molecular weight is 469 g/mol. The van der Waals surface area contributed by atoms with Gasteiger partial charge in [0.15, 0.2) is 5.65 Å². The SMILES string of the molecule is CC(=O)Nc1ccc(Sc2ccc(C)cc2Nc2ccnc3nc(C4CCCC4)ccc23)cc1. The number of aryl methyl sites for hydroxylation is 1. The van der Waals surface area contributed by atoms with E-state index in [-0.39, 0.29) is 5.91 Å². The lowest BCUT2D eigenvalue weighted by molar-refractivity contribution is -0.114. The number of nitrogens with zero attached hydrogens (tertiary/aromatic N) is 2. The van der Waals surface area contributed by atoms with Gasteiger partial charge in [-0.05, 0) is 79.9 Å². The van der Waals surface area contributed by atoms with Crippen LogP contribution in [0.2, 0.25) is 0 Å². The first kappa shape index (κ1) is 22.4. The van der Waals surface area contributed by atoms with E-state index in [1.54, 1.807) is 11.8 Å². The van der Waals surface area contributed by atoms with Crippen LogP contribution in [0, 0.1) is 6.92 Å². The van der Waals surface area contributed by atoms with Crippen molar-refractivity contribution >= 4 is 45.8 Å². The quantitative estimate of drug-likeness (QED) is 0.308. The van der Waals surface area contributed by atoms with Crippen LogP contribution in [0.4, 0.5) is 17.1 Å². The molecular formula is C28H28N4OS. The fraction of sp³-hybridized carbons (Fsp3) is 0.250. The fourth-order valence-corrected chi connectivity index (χ4v) is 5.40. The molecule has 2 aromatic carbocycles. The van der Waals surface area contributed by atoms with Gasteiger partial charge in [0.2, 0.25) is 5.91 Å². The number of fused-ring (bicyclic) bond motifs is 1. The predicted molar refractivity (Wildman–Crippen MR) is 140 cm³/mol. The van der Waals surface area contributed by atoms with E-state index in [4.69, 9.17) is 4.98 Å². The number of amides is 1. The Hall–Kier alpha value is -3.38. The Labute approximate surface area is 204 Å². The van der Waals surface area contributed by atoms with E-state index in [0.717, 1.165) is 37.9 Å². The molecular weight excluding hydrogens is 440 g/mol. The van der Waals surface area contributed by atoms with E-state index in [1.165, 1.54) is 43.9 Å². The van der Waals surface area contributed by atoms with Crippen molar-refractivity contribution in [2.75, 3.05) is 10.6 Å². The summed E-state index contributed by atoms with van der Waals surface area (Å²) in [5.41, 5.74) is 6.00. The number of hydrogen-bond donors (Lipinski definition) is 2. The van der Waals surface area contributed by atoms with Crippen molar-refractivity contribution in [3.8, 4) is 0 Å². The van der Waals surface area contributed by atoms with Crippen LogP contribution in [0.5, 0.6) is 0 Å². The number of anilines is 3. The molecule has 172 valence electrons. The first-order chi connectivity index (χ1) is 16.5. The van der Waals surface area contributed by atoms with E-state index in [0.29, 0.717) is 5.92 Å². The Bertz CT molecular complexity index is 1330. The molecule has 1 amide bonds. The zero-order chi connectivity index (χ0) is 23.5. The van der Waals surface area contributed by atoms with Crippen LogP contribution in [0.3, 0.4) is 0 Å². The molecule has 2 aromatic heterocycles. The van der Waals surface area contributed by atoms with Gasteiger partial charge in [0.1, 0.15) is 0 Å². The van der Waals surface area contributed by atoms with Gasteiger partial charge >= 0.3 is 0 Å². The minimum Gasteiger partial charge on any atom is -0.354 e. The van der Waals surface area contributed by atoms with Gasteiger partial charge in [0.25, 0.3) is 0 Å². The average Bonchev–Trinajstić information content (AvgIpc) is 3.37. The highest BCUT2D eigenvalue weighted by Crippen LogP contribution is 2.38. The van der Waals surface area contributed by atoms with Gasteiger partial charge in [-0.25, -0.2) is 9.97 Å². The Kier molecular flexibility index (Phi) is 6.50. The molecule has 4 aromatic rings. The van der Waals surface area contributed by atoms with E-state index < -0.39 is 0 Å². The molecule has 34 heavy (non-hydrogen) atoms. The van der Waals surface area contributed by atoms with Crippen molar-refractivity contribution in [2.24, 2.45) is 0 Å². The molecule has 1 aliphatic carbocycles. The Morgan fingerprint density at radius 2 is 1.76 bits per heavy atom. The zero-order valence-corrected chi connectivity index (χ0v) is 20.3. The summed E-state index contributed by atoms with van der Waals surface area (Å²) in [4.78, 5) is 23.0. The molecule has 0 atom stereocenters. The number of rotatable bonds is 6. The van der Waals surface area contributed by atoms with E-state index in [1.807, 2.05) is 36.5 Å². The first-order valence-electron chi connectivity index (χ1n) is 11.7. The van der Waals surface area contributed by atoms with Crippen molar-refractivity contribution in [3.63, 3.8) is 0 Å². The summed E-state index contributed by atoms with van der Waals surface area (Å²) >= 11 is 1.69. The highest BCUT2D eigenvalue weighted by atomic mass is 32.2. The standard InChI is InChI=1S/C28H28N4OS/c1-18-7-14-27(34-22-10-8-21(9-11-22)30-19(2)33)26(17-18)31-25-15-16-29-28-23(25)12-13-24(32-28)20-5-3-4-6-20/h7-17,20H,3-6H2,1-2H3,(H,30,33)(H,29,31,32). The molecule has 0 saturated heterocycles. The normalized spacial score (nSPS) is 13.8. The fourth-order valence-electron chi connectivity index (χ4n) is 4.51. The number of pyridine rings is 2. The molecule has 0 radical (unpaired) electrons. The largest absolute Gasteiger partial charge is 0.354 e. The smallest absolute Gasteiger partial charge is 0.221 e. The van der Waals surface area contributed by atoms with Crippen molar-refractivity contribution < 1.29 is 4.79 Å². The van der Waals surface area contributed by atoms with E-state index in [2.05, 4.69) is 52.9 Å². The van der Waals surface area contributed by atoms with Crippen LogP contribution in [-0.2, 0) is 4.79 Å². The molecule has 0 unspecified atom stereocenters. The summed E-state index contributed by atoms with van der Waals surface area (Å²) in [6.07, 6.45) is 6.88. The monoisotopic (exact) mass is 468 g/mol. The molecule has 2 N–H and O–H groups in total. The molecule has 0 spiro atoms. The third-order valence-corrected chi connectivity index (χ3v) is 7.29. The summed E-state index contributed by atoms with van der Waals surface area (Å²) < 4.78 is 0. The van der Waals surface area contributed by atoms with Crippen molar-refractivity contribution in [2.45, 2.75) is 55.2 Å². The molecule has 0 aliphatic heterocycles. The second kappa shape index (κ2) is 9.85. The minimum absolute atomic E-state index is 0.0696. The Morgan fingerprint density at radius 3 is 2.53 bits per heavy atom. The van der Waals surface area contributed by atoms with Crippen LogP contribution in [0.1, 0.15) is 49.8 Å². The maximum atomic E-state index is 11.3. The first-order valence-corrected chi connectivity index (χ1v) is 12.6. The van der Waals surface area contributed by atoms with Crippen molar-refractivity contribution in [3.05, 3.63) is 78.1 Å². The maximum absolute atomic E-state index is 11.3. The molecule has 5 nitrogen and oxygen atoms in total.